The van der Waals surface area contributed by atoms with Crippen molar-refractivity contribution in [2.75, 3.05) is 20.1 Å². The predicted molar refractivity (Wildman–Crippen MR) is 55.0 cm³/mol. The van der Waals surface area contributed by atoms with E-state index in [1.807, 2.05) is 0 Å². The zero-order valence-corrected chi connectivity index (χ0v) is 9.00. The van der Waals surface area contributed by atoms with Gasteiger partial charge < -0.3 is 5.32 Å². The zero-order chi connectivity index (χ0) is 8.60. The average Bonchev–Trinajstić information content (AvgIpc) is 2.02. The average molecular weight is 186 g/mol. The Hall–Kier alpha value is 0.350. The molecule has 1 N–H and O–H groups in total. The Kier molecular flexibility index (Phi) is 2.42. The van der Waals surface area contributed by atoms with E-state index in [1.54, 1.807) is 0 Å². The van der Waals surface area contributed by atoms with Crippen LogP contribution >= 0.6 is 9.39 Å². The van der Waals surface area contributed by atoms with Crippen LogP contribution in [-0.4, -0.2) is 30.8 Å². The summed E-state index contributed by atoms with van der Waals surface area (Å²) in [4.78, 5) is 0. The highest BCUT2D eigenvalue weighted by Gasteiger charge is 2.44. The van der Waals surface area contributed by atoms with E-state index in [0.29, 0.717) is 0 Å². The number of hydrogen-bond acceptors (Lipinski definition) is 2. The molecule has 2 aliphatic rings. The first kappa shape index (κ1) is 8.93. The first-order valence-electron chi connectivity index (χ1n) is 4.91. The molecule has 0 aromatic carbocycles. The van der Waals surface area contributed by atoms with Crippen LogP contribution in [0.4, 0.5) is 0 Å². The van der Waals surface area contributed by atoms with Gasteiger partial charge in [-0.15, -0.1) is 0 Å². The fraction of sp³-hybridized carbons (Fsp3) is 1.00. The van der Waals surface area contributed by atoms with E-state index >= 15 is 0 Å². The van der Waals surface area contributed by atoms with Gasteiger partial charge in [0.25, 0.3) is 0 Å². The van der Waals surface area contributed by atoms with Gasteiger partial charge in [0.1, 0.15) is 0 Å². The van der Waals surface area contributed by atoms with Crippen molar-refractivity contribution >= 4 is 9.39 Å². The van der Waals surface area contributed by atoms with Gasteiger partial charge in [-0.25, -0.2) is 0 Å². The molecule has 1 heterocycles. The van der Waals surface area contributed by atoms with Crippen molar-refractivity contribution in [1.82, 2.24) is 9.99 Å². The molecule has 1 aliphatic heterocycles. The Morgan fingerprint density at radius 2 is 1.92 bits per heavy atom. The molecule has 0 bridgehead atoms. The monoisotopic (exact) mass is 186 g/mol. The highest BCUT2D eigenvalue weighted by molar-refractivity contribution is 7.13. The number of nitrogens with zero attached hydrogens (tertiary/aromatic N) is 1. The molecule has 0 aromatic rings. The second-order valence-electron chi connectivity index (χ2n) is 4.43. The minimum atomic E-state index is 0.737. The van der Waals surface area contributed by atoms with Gasteiger partial charge in [-0.1, -0.05) is 9.39 Å². The van der Waals surface area contributed by atoms with Gasteiger partial charge in [0, 0.05) is 19.1 Å². The first-order valence-corrected chi connectivity index (χ1v) is 5.43. The molecule has 1 atom stereocenters. The Labute approximate surface area is 77.3 Å². The van der Waals surface area contributed by atoms with Gasteiger partial charge >= 0.3 is 0 Å². The highest BCUT2D eigenvalue weighted by atomic mass is 31.0. The van der Waals surface area contributed by atoms with Gasteiger partial charge in [-0.2, -0.15) is 0 Å². The molecule has 2 nitrogen and oxygen atoms in total. The van der Waals surface area contributed by atoms with Crippen molar-refractivity contribution in [3.8, 4) is 0 Å². The van der Waals surface area contributed by atoms with Crippen LogP contribution in [0, 0.1) is 5.41 Å². The van der Waals surface area contributed by atoms with E-state index < -0.39 is 0 Å². The van der Waals surface area contributed by atoms with Crippen LogP contribution in [0.15, 0.2) is 0 Å². The molecule has 1 unspecified atom stereocenters. The van der Waals surface area contributed by atoms with Crippen LogP contribution in [0.5, 0.6) is 0 Å². The molecular weight excluding hydrogens is 167 g/mol. The molecule has 0 amide bonds. The SMILES string of the molecule is CNC1CC2(CCN(P)CC2)C1. The highest BCUT2D eigenvalue weighted by Crippen LogP contribution is 2.49. The summed E-state index contributed by atoms with van der Waals surface area (Å²) < 4.78 is 2.37. The third-order valence-corrected chi connectivity index (χ3v) is 4.14. The second-order valence-corrected chi connectivity index (χ2v) is 5.16. The van der Waals surface area contributed by atoms with Crippen LogP contribution in [-0.2, 0) is 0 Å². The van der Waals surface area contributed by atoms with Crippen molar-refractivity contribution < 1.29 is 0 Å². The van der Waals surface area contributed by atoms with Crippen molar-refractivity contribution in [2.45, 2.75) is 31.7 Å². The van der Waals surface area contributed by atoms with E-state index in [9.17, 15) is 0 Å². The standard InChI is InChI=1S/C9H19N2P/c1-10-8-6-9(7-8)2-4-11(12)5-3-9/h8,10H,2-7,12H2,1H3. The fourth-order valence-corrected chi connectivity index (χ4v) is 2.85. The molecule has 2 fully saturated rings. The molecule has 1 aliphatic carbocycles. The predicted octanol–water partition coefficient (Wildman–Crippen LogP) is 1.24. The van der Waals surface area contributed by atoms with Crippen LogP contribution in [0.25, 0.3) is 0 Å². The maximum atomic E-state index is 3.37. The number of piperidine rings is 1. The van der Waals surface area contributed by atoms with Crippen molar-refractivity contribution in [3.63, 3.8) is 0 Å². The molecular formula is C9H19N2P. The molecule has 3 heteroatoms. The summed E-state index contributed by atoms with van der Waals surface area (Å²) in [5, 5.41) is 3.37. The minimum Gasteiger partial charge on any atom is -0.317 e. The van der Waals surface area contributed by atoms with Crippen LogP contribution in [0.1, 0.15) is 25.7 Å². The second kappa shape index (κ2) is 3.25. The van der Waals surface area contributed by atoms with Gasteiger partial charge in [0.2, 0.25) is 0 Å². The Bertz CT molecular complexity index is 148. The topological polar surface area (TPSA) is 15.3 Å². The van der Waals surface area contributed by atoms with E-state index in [0.717, 1.165) is 11.5 Å². The lowest BCUT2D eigenvalue weighted by Gasteiger charge is -2.51. The molecule has 0 aromatic heterocycles. The van der Waals surface area contributed by atoms with E-state index in [4.69, 9.17) is 0 Å². The normalized spacial score (nSPS) is 30.5. The summed E-state index contributed by atoms with van der Waals surface area (Å²) in [5.41, 5.74) is 0.737. The lowest BCUT2D eigenvalue weighted by atomic mass is 9.61. The molecule has 1 saturated carbocycles. The zero-order valence-electron chi connectivity index (χ0n) is 7.84. The quantitative estimate of drug-likeness (QED) is 0.620. The molecule has 12 heavy (non-hydrogen) atoms. The largest absolute Gasteiger partial charge is 0.317 e. The summed E-state index contributed by atoms with van der Waals surface area (Å²) in [6.45, 7) is 2.56. The smallest absolute Gasteiger partial charge is 0.00746 e. The lowest BCUT2D eigenvalue weighted by molar-refractivity contribution is 0.0317. The summed E-state index contributed by atoms with van der Waals surface area (Å²) in [5.74, 6) is 0. The summed E-state index contributed by atoms with van der Waals surface area (Å²) in [6, 6.07) is 0.820. The maximum Gasteiger partial charge on any atom is 0.00746 e. The van der Waals surface area contributed by atoms with E-state index in [1.165, 1.54) is 38.8 Å². The lowest BCUT2D eigenvalue weighted by Crippen LogP contribution is -2.51. The van der Waals surface area contributed by atoms with Crippen LogP contribution in [0.2, 0.25) is 0 Å². The van der Waals surface area contributed by atoms with Crippen molar-refractivity contribution in [3.05, 3.63) is 0 Å². The third-order valence-electron chi connectivity index (χ3n) is 3.63. The van der Waals surface area contributed by atoms with Crippen LogP contribution < -0.4 is 5.32 Å². The number of nitrogens with one attached hydrogen (secondary N) is 1. The first-order chi connectivity index (χ1) is 5.74. The van der Waals surface area contributed by atoms with Crippen molar-refractivity contribution in [2.24, 2.45) is 5.41 Å². The summed E-state index contributed by atoms with van der Waals surface area (Å²) >= 11 is 0. The Morgan fingerprint density at radius 1 is 1.33 bits per heavy atom. The van der Waals surface area contributed by atoms with Crippen LogP contribution in [0.3, 0.4) is 0 Å². The third kappa shape index (κ3) is 1.53. The molecule has 1 saturated heterocycles. The Morgan fingerprint density at radius 3 is 2.42 bits per heavy atom. The minimum absolute atomic E-state index is 0.737. The Balaban J connectivity index is 1.83. The summed E-state index contributed by atoms with van der Waals surface area (Å²) in [7, 11) is 4.90. The van der Waals surface area contributed by atoms with E-state index in [-0.39, 0.29) is 0 Å². The number of hydrogen-bond donors (Lipinski definition) is 1. The molecule has 2 rings (SSSR count). The number of rotatable bonds is 1. The molecule has 70 valence electrons. The molecule has 0 radical (unpaired) electrons. The van der Waals surface area contributed by atoms with Gasteiger partial charge in [0.05, 0.1) is 0 Å². The van der Waals surface area contributed by atoms with Gasteiger partial charge in [-0.05, 0) is 38.1 Å². The van der Waals surface area contributed by atoms with Gasteiger partial charge in [0.15, 0.2) is 0 Å². The van der Waals surface area contributed by atoms with Crippen molar-refractivity contribution in [1.29, 1.82) is 0 Å². The maximum absolute atomic E-state index is 3.37. The fourth-order valence-electron chi connectivity index (χ4n) is 2.60. The van der Waals surface area contributed by atoms with Gasteiger partial charge in [-0.3, -0.25) is 4.67 Å². The van der Waals surface area contributed by atoms with E-state index in [2.05, 4.69) is 26.4 Å². The summed E-state index contributed by atoms with van der Waals surface area (Å²) in [6.07, 6.45) is 5.66. The molecule has 1 spiro atoms.